The Hall–Kier alpha value is -0.860. The maximum absolute atomic E-state index is 8.52. The number of ether oxygens (including phenoxy) is 1. The molecule has 17 heavy (non-hydrogen) atoms. The number of hydrogen-bond donors (Lipinski definition) is 0. The maximum atomic E-state index is 8.52. The zero-order valence-corrected chi connectivity index (χ0v) is 11.0. The SMILES string of the molecule is [2H]C([2H])(c1ccccc1C(C)(C)C)N1CCOCC1. The van der Waals surface area contributed by atoms with Crippen molar-refractivity contribution in [2.75, 3.05) is 26.3 Å². The average molecular weight is 235 g/mol. The fraction of sp³-hybridized carbons (Fsp3) is 0.600. The summed E-state index contributed by atoms with van der Waals surface area (Å²) in [6.45, 7) is 7.45. The summed E-state index contributed by atoms with van der Waals surface area (Å²) in [6.07, 6.45) is 0. The Morgan fingerprint density at radius 2 is 1.88 bits per heavy atom. The Morgan fingerprint density at radius 1 is 1.24 bits per heavy atom. The first-order chi connectivity index (χ1) is 8.83. The zero-order valence-electron chi connectivity index (χ0n) is 13.0. The Bertz CT molecular complexity index is 434. The van der Waals surface area contributed by atoms with Gasteiger partial charge in [-0.15, -0.1) is 0 Å². The normalized spacial score (nSPS) is 20.9. The topological polar surface area (TPSA) is 12.5 Å². The second kappa shape index (κ2) is 5.19. The summed E-state index contributed by atoms with van der Waals surface area (Å²) in [4.78, 5) is 1.88. The van der Waals surface area contributed by atoms with Crippen molar-refractivity contribution in [2.45, 2.75) is 32.7 Å². The van der Waals surface area contributed by atoms with Gasteiger partial charge < -0.3 is 4.74 Å². The number of hydrogen-bond acceptors (Lipinski definition) is 2. The minimum Gasteiger partial charge on any atom is -0.379 e. The van der Waals surface area contributed by atoms with E-state index in [0.717, 1.165) is 11.1 Å². The lowest BCUT2D eigenvalue weighted by Gasteiger charge is -2.30. The molecule has 1 aliphatic heterocycles. The van der Waals surface area contributed by atoms with E-state index in [-0.39, 0.29) is 5.41 Å². The van der Waals surface area contributed by atoms with E-state index >= 15 is 0 Å². The third-order valence-corrected chi connectivity index (χ3v) is 3.02. The lowest BCUT2D eigenvalue weighted by molar-refractivity contribution is 0.0340. The molecule has 0 spiro atoms. The molecule has 0 N–H and O–H groups in total. The fourth-order valence-corrected chi connectivity index (χ4v) is 2.08. The van der Waals surface area contributed by atoms with Gasteiger partial charge in [0.25, 0.3) is 0 Å². The first-order valence-corrected chi connectivity index (χ1v) is 6.26. The molecule has 1 aliphatic rings. The summed E-state index contributed by atoms with van der Waals surface area (Å²) in [5.41, 5.74) is 1.80. The standard InChI is InChI=1S/C15H23NO/c1-15(2,3)14-7-5-4-6-13(14)12-16-8-10-17-11-9-16/h4-7H,8-12H2,1-3H3/i12D2. The second-order valence-corrected chi connectivity index (χ2v) is 5.51. The molecule has 1 heterocycles. The smallest absolute Gasteiger partial charge is 0.0594 e. The minimum absolute atomic E-state index is 0.0593. The van der Waals surface area contributed by atoms with Crippen molar-refractivity contribution in [3.8, 4) is 0 Å². The van der Waals surface area contributed by atoms with Gasteiger partial charge in [-0.3, -0.25) is 4.90 Å². The molecule has 1 fully saturated rings. The van der Waals surface area contributed by atoms with Crippen LogP contribution >= 0.6 is 0 Å². The van der Waals surface area contributed by atoms with Gasteiger partial charge in [0, 0.05) is 22.3 Å². The van der Waals surface area contributed by atoms with Gasteiger partial charge in [0.1, 0.15) is 0 Å². The van der Waals surface area contributed by atoms with Crippen LogP contribution in [0.1, 0.15) is 34.6 Å². The molecule has 2 nitrogen and oxygen atoms in total. The van der Waals surface area contributed by atoms with Crippen LogP contribution < -0.4 is 0 Å². The monoisotopic (exact) mass is 235 g/mol. The van der Waals surface area contributed by atoms with Crippen molar-refractivity contribution in [3.05, 3.63) is 35.4 Å². The molecule has 0 aromatic heterocycles. The summed E-state index contributed by atoms with van der Waals surface area (Å²) >= 11 is 0. The largest absolute Gasteiger partial charge is 0.379 e. The zero-order chi connectivity index (χ0) is 14.1. The van der Waals surface area contributed by atoms with Crippen molar-refractivity contribution < 1.29 is 7.48 Å². The quantitative estimate of drug-likeness (QED) is 0.781. The summed E-state index contributed by atoms with van der Waals surface area (Å²) < 4.78 is 22.4. The van der Waals surface area contributed by atoms with Gasteiger partial charge in [-0.25, -0.2) is 0 Å². The van der Waals surface area contributed by atoms with E-state index in [4.69, 9.17) is 7.48 Å². The summed E-state index contributed by atoms with van der Waals surface area (Å²) in [6, 6.07) is 7.85. The molecule has 0 aliphatic carbocycles. The number of nitrogens with zero attached hydrogens (tertiary/aromatic N) is 1. The van der Waals surface area contributed by atoms with Gasteiger partial charge in [-0.1, -0.05) is 45.0 Å². The average Bonchev–Trinajstić information content (AvgIpc) is 2.39. The lowest BCUT2D eigenvalue weighted by Crippen LogP contribution is -2.36. The Morgan fingerprint density at radius 3 is 2.53 bits per heavy atom. The Kier molecular flexibility index (Phi) is 3.09. The van der Waals surface area contributed by atoms with Crippen LogP contribution in [0.15, 0.2) is 24.3 Å². The van der Waals surface area contributed by atoms with E-state index in [0.29, 0.717) is 26.3 Å². The molecule has 2 rings (SSSR count). The first-order valence-electron chi connectivity index (χ1n) is 7.26. The van der Waals surface area contributed by atoms with Crippen LogP contribution in [0.4, 0.5) is 0 Å². The van der Waals surface area contributed by atoms with E-state index in [1.807, 2.05) is 29.2 Å². The minimum atomic E-state index is -1.44. The van der Waals surface area contributed by atoms with Gasteiger partial charge in [0.2, 0.25) is 0 Å². The molecule has 1 saturated heterocycles. The predicted molar refractivity (Wildman–Crippen MR) is 71.2 cm³/mol. The van der Waals surface area contributed by atoms with E-state index in [1.165, 1.54) is 0 Å². The molecule has 1 aromatic carbocycles. The molecule has 1 aromatic rings. The molecule has 2 heteroatoms. The highest BCUT2D eigenvalue weighted by Gasteiger charge is 2.19. The van der Waals surface area contributed by atoms with E-state index in [1.54, 1.807) is 0 Å². The van der Waals surface area contributed by atoms with E-state index in [2.05, 4.69) is 20.8 Å². The summed E-state index contributed by atoms with van der Waals surface area (Å²) in [7, 11) is 0. The van der Waals surface area contributed by atoms with Crippen molar-refractivity contribution in [1.82, 2.24) is 4.90 Å². The van der Waals surface area contributed by atoms with Crippen molar-refractivity contribution in [1.29, 1.82) is 0 Å². The molecule has 0 radical (unpaired) electrons. The van der Waals surface area contributed by atoms with Gasteiger partial charge >= 0.3 is 0 Å². The fourth-order valence-electron chi connectivity index (χ4n) is 2.08. The van der Waals surface area contributed by atoms with Crippen LogP contribution in [0.2, 0.25) is 0 Å². The molecule has 0 amide bonds. The molecular weight excluding hydrogens is 210 g/mol. The van der Waals surface area contributed by atoms with Crippen LogP contribution in [-0.4, -0.2) is 31.2 Å². The summed E-state index contributed by atoms with van der Waals surface area (Å²) in [5, 5.41) is 0. The van der Waals surface area contributed by atoms with Crippen LogP contribution in [0.3, 0.4) is 0 Å². The lowest BCUT2D eigenvalue weighted by atomic mass is 9.83. The Labute approximate surface area is 107 Å². The van der Waals surface area contributed by atoms with Gasteiger partial charge in [0.05, 0.1) is 13.2 Å². The van der Waals surface area contributed by atoms with Gasteiger partial charge in [-0.2, -0.15) is 0 Å². The number of benzene rings is 1. The highest BCUT2D eigenvalue weighted by Crippen LogP contribution is 2.26. The molecule has 0 bridgehead atoms. The van der Waals surface area contributed by atoms with Crippen molar-refractivity contribution in [2.24, 2.45) is 0 Å². The summed E-state index contributed by atoms with van der Waals surface area (Å²) in [5.74, 6) is 0. The van der Waals surface area contributed by atoms with Crippen LogP contribution in [0.25, 0.3) is 0 Å². The Balaban J connectivity index is 2.39. The molecule has 0 saturated carbocycles. The maximum Gasteiger partial charge on any atom is 0.0594 e. The third kappa shape index (κ3) is 3.30. The second-order valence-electron chi connectivity index (χ2n) is 5.51. The number of morpholine rings is 1. The van der Waals surface area contributed by atoms with Crippen LogP contribution in [0.5, 0.6) is 0 Å². The highest BCUT2D eigenvalue weighted by molar-refractivity contribution is 5.32. The number of rotatable bonds is 2. The van der Waals surface area contributed by atoms with Crippen LogP contribution in [-0.2, 0) is 16.6 Å². The van der Waals surface area contributed by atoms with E-state index < -0.39 is 6.50 Å². The first kappa shape index (κ1) is 10.1. The molecule has 0 atom stereocenters. The van der Waals surface area contributed by atoms with Gasteiger partial charge in [0.15, 0.2) is 0 Å². The molecular formula is C15H23NO. The molecule has 0 unspecified atom stereocenters. The predicted octanol–water partition coefficient (Wildman–Crippen LogP) is 2.82. The van der Waals surface area contributed by atoms with E-state index in [9.17, 15) is 0 Å². The van der Waals surface area contributed by atoms with Crippen molar-refractivity contribution >= 4 is 0 Å². The van der Waals surface area contributed by atoms with Crippen LogP contribution in [0, 0.1) is 0 Å². The third-order valence-electron chi connectivity index (χ3n) is 3.02. The highest BCUT2D eigenvalue weighted by atomic mass is 16.5. The van der Waals surface area contributed by atoms with Gasteiger partial charge in [-0.05, 0) is 16.5 Å². The van der Waals surface area contributed by atoms with Crippen molar-refractivity contribution in [3.63, 3.8) is 0 Å². The molecule has 94 valence electrons.